The van der Waals surface area contributed by atoms with E-state index in [1.54, 1.807) is 30.3 Å². The van der Waals surface area contributed by atoms with Crippen LogP contribution in [0.25, 0.3) is 0 Å². The maximum Gasteiger partial charge on any atom is 0.497 e. The summed E-state index contributed by atoms with van der Waals surface area (Å²) in [4.78, 5) is 0. The Balaban J connectivity index is 1.78. The van der Waals surface area contributed by atoms with Crippen LogP contribution < -0.4 is 14.9 Å². The first-order chi connectivity index (χ1) is 12.9. The van der Waals surface area contributed by atoms with Crippen molar-refractivity contribution in [3.63, 3.8) is 0 Å². The van der Waals surface area contributed by atoms with Crippen molar-refractivity contribution in [2.24, 2.45) is 0 Å². The topological polar surface area (TPSA) is 73.9 Å². The second kappa shape index (κ2) is 7.06. The van der Waals surface area contributed by atoms with Crippen molar-refractivity contribution >= 4 is 28.3 Å². The first kappa shape index (κ1) is 20.6. The third kappa shape index (κ3) is 4.48. The van der Waals surface area contributed by atoms with Gasteiger partial charge in [0, 0.05) is 17.6 Å². The van der Waals surface area contributed by atoms with E-state index in [9.17, 15) is 12.8 Å². The summed E-state index contributed by atoms with van der Waals surface area (Å²) in [5.74, 6) is 0.132. The number of halogens is 1. The molecule has 0 radical (unpaired) electrons. The van der Waals surface area contributed by atoms with Crippen LogP contribution in [0, 0.1) is 5.82 Å². The van der Waals surface area contributed by atoms with Crippen molar-refractivity contribution in [1.82, 2.24) is 0 Å². The van der Waals surface area contributed by atoms with Gasteiger partial charge in [-0.15, -0.1) is 0 Å². The molecule has 1 fully saturated rings. The molecule has 0 amide bonds. The standard InChI is InChI=1S/C19H23BFNO5S/c1-18(2)19(3,4)27-20(26-18)16-10-9-15(12-17(16)21)25-14-8-6-7-13(11-14)22-28(5,23)24/h6-12,22H,1-5H3. The Kier molecular flexibility index (Phi) is 5.20. The van der Waals surface area contributed by atoms with Crippen LogP contribution in [0.3, 0.4) is 0 Å². The van der Waals surface area contributed by atoms with Crippen LogP contribution in [-0.2, 0) is 19.3 Å². The quantitative estimate of drug-likeness (QED) is 0.771. The molecule has 1 N–H and O–H groups in total. The summed E-state index contributed by atoms with van der Waals surface area (Å²) in [6.45, 7) is 7.61. The zero-order valence-electron chi connectivity index (χ0n) is 16.4. The molecule has 0 atom stereocenters. The molecule has 2 aromatic rings. The summed E-state index contributed by atoms with van der Waals surface area (Å²) in [6.07, 6.45) is 1.06. The van der Waals surface area contributed by atoms with Gasteiger partial charge < -0.3 is 14.0 Å². The number of benzene rings is 2. The molecule has 0 aromatic heterocycles. The normalized spacial score (nSPS) is 18.1. The van der Waals surface area contributed by atoms with Gasteiger partial charge in [-0.05, 0) is 45.9 Å². The summed E-state index contributed by atoms with van der Waals surface area (Å²) < 4.78 is 57.2. The predicted octanol–water partition coefficient (Wildman–Crippen LogP) is 3.29. The fraction of sp³-hybridized carbons (Fsp3) is 0.368. The minimum atomic E-state index is -3.40. The van der Waals surface area contributed by atoms with Crippen molar-refractivity contribution in [2.75, 3.05) is 11.0 Å². The SMILES string of the molecule is CC1(C)OB(c2ccc(Oc3cccc(NS(C)(=O)=O)c3)cc2F)OC1(C)C. The zero-order valence-corrected chi connectivity index (χ0v) is 17.3. The maximum absolute atomic E-state index is 14.7. The molecule has 0 aliphatic carbocycles. The van der Waals surface area contributed by atoms with Gasteiger partial charge in [-0.1, -0.05) is 12.1 Å². The number of rotatable bonds is 5. The summed E-state index contributed by atoms with van der Waals surface area (Å²) in [6, 6.07) is 10.8. The van der Waals surface area contributed by atoms with Crippen molar-refractivity contribution in [1.29, 1.82) is 0 Å². The Labute approximate surface area is 165 Å². The van der Waals surface area contributed by atoms with Gasteiger partial charge in [-0.25, -0.2) is 12.8 Å². The van der Waals surface area contributed by atoms with E-state index in [1.807, 2.05) is 27.7 Å². The summed E-state index contributed by atoms with van der Waals surface area (Å²) in [7, 11) is -4.21. The number of anilines is 1. The molecule has 9 heteroatoms. The Morgan fingerprint density at radius 3 is 2.18 bits per heavy atom. The van der Waals surface area contributed by atoms with E-state index in [2.05, 4.69) is 4.72 Å². The van der Waals surface area contributed by atoms with Crippen LogP contribution in [0.5, 0.6) is 11.5 Å². The predicted molar refractivity (Wildman–Crippen MR) is 107 cm³/mol. The molecule has 0 unspecified atom stereocenters. The molecule has 1 aliphatic rings. The molecule has 2 aromatic carbocycles. The third-order valence-electron chi connectivity index (χ3n) is 4.85. The highest BCUT2D eigenvalue weighted by Crippen LogP contribution is 2.37. The molecule has 0 saturated carbocycles. The minimum Gasteiger partial charge on any atom is -0.457 e. The van der Waals surface area contributed by atoms with Crippen molar-refractivity contribution in [2.45, 2.75) is 38.9 Å². The lowest BCUT2D eigenvalue weighted by Crippen LogP contribution is -2.41. The van der Waals surface area contributed by atoms with Gasteiger partial charge in [0.25, 0.3) is 0 Å². The molecule has 1 aliphatic heterocycles. The van der Waals surface area contributed by atoms with E-state index in [0.717, 1.165) is 6.26 Å². The first-order valence-electron chi connectivity index (χ1n) is 8.77. The molecule has 1 heterocycles. The number of nitrogens with one attached hydrogen (secondary N) is 1. The lowest BCUT2D eigenvalue weighted by molar-refractivity contribution is 0.00578. The largest absolute Gasteiger partial charge is 0.497 e. The number of sulfonamides is 1. The van der Waals surface area contributed by atoms with E-state index in [0.29, 0.717) is 16.9 Å². The highest BCUT2D eigenvalue weighted by molar-refractivity contribution is 7.92. The molecule has 0 bridgehead atoms. The highest BCUT2D eigenvalue weighted by atomic mass is 32.2. The van der Waals surface area contributed by atoms with E-state index in [4.69, 9.17) is 14.0 Å². The summed E-state index contributed by atoms with van der Waals surface area (Å²) in [5.41, 5.74) is -0.480. The fourth-order valence-electron chi connectivity index (χ4n) is 2.71. The van der Waals surface area contributed by atoms with Gasteiger partial charge in [-0.2, -0.15) is 0 Å². The monoisotopic (exact) mass is 407 g/mol. The van der Waals surface area contributed by atoms with Crippen LogP contribution in [0.15, 0.2) is 42.5 Å². The van der Waals surface area contributed by atoms with Gasteiger partial charge in [-0.3, -0.25) is 4.72 Å². The Hall–Kier alpha value is -2.10. The molecule has 6 nitrogen and oxygen atoms in total. The molecule has 150 valence electrons. The van der Waals surface area contributed by atoms with Crippen LogP contribution in [0.2, 0.25) is 0 Å². The van der Waals surface area contributed by atoms with E-state index < -0.39 is 34.2 Å². The third-order valence-corrected chi connectivity index (χ3v) is 5.46. The smallest absolute Gasteiger partial charge is 0.457 e. The van der Waals surface area contributed by atoms with E-state index in [-0.39, 0.29) is 5.75 Å². The lowest BCUT2D eigenvalue weighted by atomic mass is 9.78. The summed E-state index contributed by atoms with van der Waals surface area (Å²) >= 11 is 0. The summed E-state index contributed by atoms with van der Waals surface area (Å²) in [5, 5.41) is 0. The number of hydrogen-bond donors (Lipinski definition) is 1. The lowest BCUT2D eigenvalue weighted by Gasteiger charge is -2.32. The first-order valence-corrected chi connectivity index (χ1v) is 10.7. The number of ether oxygens (including phenoxy) is 1. The van der Waals surface area contributed by atoms with Gasteiger partial charge in [0.05, 0.1) is 23.1 Å². The van der Waals surface area contributed by atoms with Gasteiger partial charge in [0.1, 0.15) is 17.3 Å². The maximum atomic E-state index is 14.7. The van der Waals surface area contributed by atoms with Crippen LogP contribution in [0.4, 0.5) is 10.1 Å². The van der Waals surface area contributed by atoms with Crippen molar-refractivity contribution < 1.29 is 26.9 Å². The van der Waals surface area contributed by atoms with Crippen molar-refractivity contribution in [3.8, 4) is 11.5 Å². The van der Waals surface area contributed by atoms with Gasteiger partial charge >= 0.3 is 7.12 Å². The van der Waals surface area contributed by atoms with Gasteiger partial charge in [0.15, 0.2) is 0 Å². The van der Waals surface area contributed by atoms with Crippen LogP contribution in [-0.4, -0.2) is 33.0 Å². The Morgan fingerprint density at radius 1 is 1.00 bits per heavy atom. The van der Waals surface area contributed by atoms with E-state index >= 15 is 0 Å². The molecular formula is C19H23BFNO5S. The molecule has 1 saturated heterocycles. The average molecular weight is 407 g/mol. The minimum absolute atomic E-state index is 0.272. The van der Waals surface area contributed by atoms with Crippen LogP contribution in [0.1, 0.15) is 27.7 Å². The van der Waals surface area contributed by atoms with E-state index in [1.165, 1.54) is 12.1 Å². The van der Waals surface area contributed by atoms with Gasteiger partial charge in [0.2, 0.25) is 10.0 Å². The Morgan fingerprint density at radius 2 is 1.61 bits per heavy atom. The zero-order chi connectivity index (χ0) is 20.7. The Bertz CT molecular complexity index is 978. The molecular weight excluding hydrogens is 384 g/mol. The molecule has 0 spiro atoms. The van der Waals surface area contributed by atoms with Crippen LogP contribution >= 0.6 is 0 Å². The average Bonchev–Trinajstić information content (AvgIpc) is 2.73. The molecule has 3 rings (SSSR count). The second-order valence-corrected chi connectivity index (χ2v) is 9.52. The van der Waals surface area contributed by atoms with Crippen molar-refractivity contribution in [3.05, 3.63) is 48.3 Å². The highest BCUT2D eigenvalue weighted by Gasteiger charge is 2.52. The molecule has 28 heavy (non-hydrogen) atoms. The second-order valence-electron chi connectivity index (χ2n) is 7.78. The number of hydrogen-bond acceptors (Lipinski definition) is 5. The fourth-order valence-corrected chi connectivity index (χ4v) is 3.26.